The second-order valence-corrected chi connectivity index (χ2v) is 8.11. The first-order valence-corrected chi connectivity index (χ1v) is 11.6. The Labute approximate surface area is 184 Å². The molecule has 1 atom stereocenters. The number of esters is 1. The van der Waals surface area contributed by atoms with Crippen molar-refractivity contribution in [3.05, 3.63) is 48.6 Å². The van der Waals surface area contributed by atoms with Crippen molar-refractivity contribution in [1.29, 1.82) is 0 Å². The summed E-state index contributed by atoms with van der Waals surface area (Å²) in [7, 11) is 0. The van der Waals surface area contributed by atoms with Gasteiger partial charge in [-0.2, -0.15) is 0 Å². The first-order valence-electron chi connectivity index (χ1n) is 11.6. The second kappa shape index (κ2) is 17.1. The van der Waals surface area contributed by atoms with E-state index in [0.717, 1.165) is 32.1 Å². The maximum absolute atomic E-state index is 11.8. The molecule has 0 spiro atoms. The summed E-state index contributed by atoms with van der Waals surface area (Å²) in [5.74, 6) is -0.739. The molecule has 4 nitrogen and oxygen atoms in total. The zero-order chi connectivity index (χ0) is 21.9. The van der Waals surface area contributed by atoms with E-state index in [2.05, 4.69) is 55.5 Å². The highest BCUT2D eigenvalue weighted by atomic mass is 16.7. The average Bonchev–Trinajstić information content (AvgIpc) is 3.07. The van der Waals surface area contributed by atoms with Gasteiger partial charge in [-0.25, -0.2) is 0 Å². The van der Waals surface area contributed by atoms with Crippen LogP contribution in [0.2, 0.25) is 0 Å². The van der Waals surface area contributed by atoms with Crippen LogP contribution < -0.4 is 0 Å². The van der Waals surface area contributed by atoms with Gasteiger partial charge in [-0.15, -0.1) is 0 Å². The van der Waals surface area contributed by atoms with E-state index in [1.807, 2.05) is 13.8 Å². The topological polar surface area (TPSA) is 44.8 Å². The summed E-state index contributed by atoms with van der Waals surface area (Å²) < 4.78 is 16.3. The number of ether oxygens (including phenoxy) is 3. The molecular weight excluding hydrogens is 376 g/mol. The Kier molecular flexibility index (Phi) is 15.0. The maximum Gasteiger partial charge on any atom is 0.305 e. The lowest BCUT2D eigenvalue weighted by atomic mass is 10.2. The number of unbranched alkanes of at least 4 members (excludes halogenated alkanes) is 4. The predicted octanol–water partition coefficient (Wildman–Crippen LogP) is 6.83. The number of carbonyl (C=O) groups excluding carboxylic acids is 1. The van der Waals surface area contributed by atoms with Crippen LogP contribution >= 0.6 is 0 Å². The van der Waals surface area contributed by atoms with E-state index < -0.39 is 5.79 Å². The number of rotatable bonds is 16. The Morgan fingerprint density at radius 2 is 1.47 bits per heavy atom. The molecule has 30 heavy (non-hydrogen) atoms. The molecule has 1 fully saturated rings. The summed E-state index contributed by atoms with van der Waals surface area (Å²) in [5, 5.41) is 0. The molecule has 1 unspecified atom stereocenters. The molecule has 0 aromatic heterocycles. The van der Waals surface area contributed by atoms with Crippen molar-refractivity contribution in [2.24, 2.45) is 0 Å². The van der Waals surface area contributed by atoms with Gasteiger partial charge in [-0.1, -0.05) is 68.4 Å². The van der Waals surface area contributed by atoms with E-state index in [1.54, 1.807) is 0 Å². The summed E-state index contributed by atoms with van der Waals surface area (Å²) in [4.78, 5) is 11.8. The molecular formula is C26H42O4. The summed E-state index contributed by atoms with van der Waals surface area (Å²) in [6, 6.07) is 0. The van der Waals surface area contributed by atoms with E-state index >= 15 is 0 Å². The summed E-state index contributed by atoms with van der Waals surface area (Å²) >= 11 is 0. The van der Waals surface area contributed by atoms with E-state index in [9.17, 15) is 4.79 Å². The molecule has 0 radical (unpaired) electrons. The minimum Gasteiger partial charge on any atom is -0.463 e. The van der Waals surface area contributed by atoms with Crippen LogP contribution in [0.5, 0.6) is 0 Å². The molecule has 0 aliphatic carbocycles. The maximum atomic E-state index is 11.8. The Balaban J connectivity index is 1.92. The molecule has 0 saturated carbocycles. The average molecular weight is 419 g/mol. The number of allylic oxidation sites excluding steroid dienone is 8. The Morgan fingerprint density at radius 3 is 2.00 bits per heavy atom. The van der Waals surface area contributed by atoms with Gasteiger partial charge >= 0.3 is 5.97 Å². The number of hydrogen-bond donors (Lipinski definition) is 0. The molecule has 0 amide bonds. The SMILES string of the molecule is CCCCC/C=C\C/C=C\C/C=C\C/C=C\CCCC(=O)OCC1COC(C)(C)O1. The van der Waals surface area contributed by atoms with Crippen LogP contribution in [0.25, 0.3) is 0 Å². The third-order valence-corrected chi connectivity index (χ3v) is 4.71. The Hall–Kier alpha value is -1.65. The molecule has 1 heterocycles. The molecule has 0 aromatic carbocycles. The monoisotopic (exact) mass is 418 g/mol. The quantitative estimate of drug-likeness (QED) is 0.157. The molecule has 0 N–H and O–H groups in total. The van der Waals surface area contributed by atoms with Crippen molar-refractivity contribution in [2.45, 2.75) is 96.9 Å². The summed E-state index contributed by atoms with van der Waals surface area (Å²) in [6.45, 7) is 6.71. The van der Waals surface area contributed by atoms with Gasteiger partial charge in [0, 0.05) is 6.42 Å². The zero-order valence-electron chi connectivity index (χ0n) is 19.3. The minimum absolute atomic E-state index is 0.155. The smallest absolute Gasteiger partial charge is 0.305 e. The molecule has 170 valence electrons. The van der Waals surface area contributed by atoms with Crippen LogP contribution in [0.1, 0.15) is 85.0 Å². The summed E-state index contributed by atoms with van der Waals surface area (Å²) in [5.41, 5.74) is 0. The third-order valence-electron chi connectivity index (χ3n) is 4.71. The van der Waals surface area contributed by atoms with Crippen LogP contribution in [0, 0.1) is 0 Å². The fraction of sp³-hybridized carbons (Fsp3) is 0.654. The van der Waals surface area contributed by atoms with Crippen LogP contribution in [0.15, 0.2) is 48.6 Å². The van der Waals surface area contributed by atoms with E-state index in [-0.39, 0.29) is 18.7 Å². The highest BCUT2D eigenvalue weighted by Crippen LogP contribution is 2.22. The minimum atomic E-state index is -0.572. The molecule has 1 aliphatic heterocycles. The standard InChI is InChI=1S/C26H42O4/c1-4-5-6-7-8-9-10-11-12-13-14-15-16-17-18-19-20-21-25(27)28-22-24-23-29-26(2,3)30-24/h8-9,11-12,14-15,17-18,24H,4-7,10,13,16,19-23H2,1-3H3/b9-8-,12-11-,15-14-,18-17-. The fourth-order valence-electron chi connectivity index (χ4n) is 3.03. The third kappa shape index (κ3) is 15.2. The first kappa shape index (κ1) is 26.4. The molecule has 4 heteroatoms. The van der Waals surface area contributed by atoms with Gasteiger partial charge < -0.3 is 14.2 Å². The Morgan fingerprint density at radius 1 is 0.900 bits per heavy atom. The Bertz CT molecular complexity index is 557. The highest BCUT2D eigenvalue weighted by Gasteiger charge is 2.33. The van der Waals surface area contributed by atoms with Crippen LogP contribution in [0.3, 0.4) is 0 Å². The van der Waals surface area contributed by atoms with Gasteiger partial charge in [0.15, 0.2) is 5.79 Å². The van der Waals surface area contributed by atoms with E-state index in [4.69, 9.17) is 14.2 Å². The highest BCUT2D eigenvalue weighted by molar-refractivity contribution is 5.69. The molecule has 1 aliphatic rings. The fourth-order valence-corrected chi connectivity index (χ4v) is 3.03. The van der Waals surface area contributed by atoms with Gasteiger partial charge in [0.1, 0.15) is 12.7 Å². The van der Waals surface area contributed by atoms with Crippen LogP contribution in [0.4, 0.5) is 0 Å². The lowest BCUT2D eigenvalue weighted by Crippen LogP contribution is -2.25. The second-order valence-electron chi connectivity index (χ2n) is 8.11. The van der Waals surface area contributed by atoms with Gasteiger partial charge in [-0.3, -0.25) is 4.79 Å². The van der Waals surface area contributed by atoms with Crippen LogP contribution in [-0.4, -0.2) is 31.1 Å². The van der Waals surface area contributed by atoms with Crippen molar-refractivity contribution in [1.82, 2.24) is 0 Å². The summed E-state index contributed by atoms with van der Waals surface area (Å²) in [6.07, 6.45) is 27.7. The van der Waals surface area contributed by atoms with Gasteiger partial charge in [0.25, 0.3) is 0 Å². The van der Waals surface area contributed by atoms with Crippen molar-refractivity contribution < 1.29 is 19.0 Å². The number of carbonyl (C=O) groups is 1. The lowest BCUT2D eigenvalue weighted by molar-refractivity contribution is -0.158. The van der Waals surface area contributed by atoms with Crippen molar-refractivity contribution >= 4 is 5.97 Å². The lowest BCUT2D eigenvalue weighted by Gasteiger charge is -2.16. The van der Waals surface area contributed by atoms with Gasteiger partial charge in [0.2, 0.25) is 0 Å². The van der Waals surface area contributed by atoms with Gasteiger partial charge in [-0.05, 0) is 58.8 Å². The van der Waals surface area contributed by atoms with Crippen LogP contribution in [-0.2, 0) is 19.0 Å². The molecule has 0 bridgehead atoms. The number of hydrogen-bond acceptors (Lipinski definition) is 4. The normalized spacial score (nSPS) is 19.1. The van der Waals surface area contributed by atoms with Gasteiger partial charge in [0.05, 0.1) is 6.61 Å². The largest absolute Gasteiger partial charge is 0.463 e. The zero-order valence-corrected chi connectivity index (χ0v) is 19.3. The molecule has 0 aromatic rings. The predicted molar refractivity (Wildman–Crippen MR) is 124 cm³/mol. The van der Waals surface area contributed by atoms with Crippen molar-refractivity contribution in [3.8, 4) is 0 Å². The van der Waals surface area contributed by atoms with E-state index in [0.29, 0.717) is 13.0 Å². The molecule has 1 rings (SSSR count). The van der Waals surface area contributed by atoms with Crippen molar-refractivity contribution in [3.63, 3.8) is 0 Å². The van der Waals surface area contributed by atoms with E-state index in [1.165, 1.54) is 25.7 Å². The first-order chi connectivity index (χ1) is 14.5. The van der Waals surface area contributed by atoms with Crippen molar-refractivity contribution in [2.75, 3.05) is 13.2 Å². The molecule has 1 saturated heterocycles.